The summed E-state index contributed by atoms with van der Waals surface area (Å²) >= 11 is 5.84. The lowest BCUT2D eigenvalue weighted by atomic mass is 10.3. The molecular formula is C12H16ClN3O2. The van der Waals surface area contributed by atoms with E-state index in [1.165, 1.54) is 0 Å². The Hall–Kier alpha value is -1.14. The molecule has 2 N–H and O–H groups in total. The molecule has 1 aliphatic heterocycles. The largest absolute Gasteiger partial charge is 0.379 e. The lowest BCUT2D eigenvalue weighted by Crippen LogP contribution is -2.48. The van der Waals surface area contributed by atoms with E-state index in [0.717, 1.165) is 13.1 Å². The second-order valence-electron chi connectivity index (χ2n) is 3.99. The number of amides is 1. The Balaban J connectivity index is 1.74. The number of hydrogen-bond acceptors (Lipinski definition) is 4. The van der Waals surface area contributed by atoms with E-state index in [0.29, 0.717) is 23.9 Å². The number of hydrazine groups is 1. The van der Waals surface area contributed by atoms with Gasteiger partial charge in [0.05, 0.1) is 19.8 Å². The number of carbonyl (C=O) groups is 1. The number of benzene rings is 1. The third-order valence-electron chi connectivity index (χ3n) is 2.58. The molecule has 6 heteroatoms. The van der Waals surface area contributed by atoms with E-state index in [1.807, 2.05) is 5.01 Å². The van der Waals surface area contributed by atoms with Gasteiger partial charge in [0.1, 0.15) is 0 Å². The summed E-state index contributed by atoms with van der Waals surface area (Å²) in [6, 6.07) is 7.09. The smallest absolute Gasteiger partial charge is 0.239 e. The minimum atomic E-state index is -0.0937. The molecule has 1 aromatic carbocycles. The topological polar surface area (TPSA) is 53.6 Å². The van der Waals surface area contributed by atoms with Crippen molar-refractivity contribution < 1.29 is 9.53 Å². The van der Waals surface area contributed by atoms with Gasteiger partial charge in [0.15, 0.2) is 0 Å². The number of hydrogen-bond donors (Lipinski definition) is 2. The van der Waals surface area contributed by atoms with E-state index < -0.39 is 0 Å². The maximum Gasteiger partial charge on any atom is 0.239 e. The highest BCUT2D eigenvalue weighted by molar-refractivity contribution is 6.30. The summed E-state index contributed by atoms with van der Waals surface area (Å²) in [5.41, 5.74) is 3.77. The molecule has 0 aliphatic carbocycles. The zero-order valence-corrected chi connectivity index (χ0v) is 10.7. The zero-order chi connectivity index (χ0) is 12.8. The average Bonchev–Trinajstić information content (AvgIpc) is 2.38. The lowest BCUT2D eigenvalue weighted by Gasteiger charge is -2.26. The summed E-state index contributed by atoms with van der Waals surface area (Å²) in [6.07, 6.45) is 0. The molecule has 5 nitrogen and oxygen atoms in total. The number of rotatable bonds is 4. The molecule has 2 rings (SSSR count). The van der Waals surface area contributed by atoms with E-state index in [-0.39, 0.29) is 12.5 Å². The fraction of sp³-hybridized carbons (Fsp3) is 0.417. The third-order valence-corrected chi connectivity index (χ3v) is 2.82. The number of halogens is 1. The standard InChI is InChI=1S/C12H16ClN3O2/c13-10-2-1-3-11(8-10)15-12(17)9-14-16-4-6-18-7-5-16/h1-3,8,14H,4-7,9H2,(H,15,17). The second kappa shape index (κ2) is 6.70. The molecule has 0 radical (unpaired) electrons. The van der Waals surface area contributed by atoms with Crippen molar-refractivity contribution >= 4 is 23.2 Å². The molecule has 1 amide bonds. The molecule has 0 aromatic heterocycles. The van der Waals surface area contributed by atoms with Gasteiger partial charge in [-0.05, 0) is 18.2 Å². The minimum Gasteiger partial charge on any atom is -0.379 e. The van der Waals surface area contributed by atoms with Crippen LogP contribution in [0.25, 0.3) is 0 Å². The molecule has 0 atom stereocenters. The summed E-state index contributed by atoms with van der Waals surface area (Å²) in [6.45, 7) is 3.23. The molecule has 18 heavy (non-hydrogen) atoms. The van der Waals surface area contributed by atoms with Crippen LogP contribution in [-0.2, 0) is 9.53 Å². The lowest BCUT2D eigenvalue weighted by molar-refractivity contribution is -0.116. The van der Waals surface area contributed by atoms with Crippen molar-refractivity contribution in [2.24, 2.45) is 0 Å². The van der Waals surface area contributed by atoms with Gasteiger partial charge in [0.2, 0.25) is 5.91 Å². The van der Waals surface area contributed by atoms with Crippen molar-refractivity contribution in [2.45, 2.75) is 0 Å². The molecule has 0 bridgehead atoms. The Kier molecular flexibility index (Phi) is 4.95. The van der Waals surface area contributed by atoms with Crippen LogP contribution < -0.4 is 10.7 Å². The van der Waals surface area contributed by atoms with Crippen LogP contribution in [0.2, 0.25) is 5.02 Å². The summed E-state index contributed by atoms with van der Waals surface area (Å²) in [5, 5.41) is 5.37. The van der Waals surface area contributed by atoms with Gasteiger partial charge in [-0.1, -0.05) is 17.7 Å². The van der Waals surface area contributed by atoms with Crippen LogP contribution in [0.4, 0.5) is 5.69 Å². The molecule has 1 fully saturated rings. The Morgan fingerprint density at radius 3 is 2.89 bits per heavy atom. The van der Waals surface area contributed by atoms with E-state index >= 15 is 0 Å². The van der Waals surface area contributed by atoms with Gasteiger partial charge < -0.3 is 10.1 Å². The van der Waals surface area contributed by atoms with Crippen LogP contribution in [-0.4, -0.2) is 43.8 Å². The van der Waals surface area contributed by atoms with Crippen LogP contribution >= 0.6 is 11.6 Å². The van der Waals surface area contributed by atoms with Gasteiger partial charge in [-0.3, -0.25) is 4.79 Å². The Labute approximate surface area is 111 Å². The van der Waals surface area contributed by atoms with E-state index in [9.17, 15) is 4.79 Å². The van der Waals surface area contributed by atoms with Crippen LogP contribution in [0.3, 0.4) is 0 Å². The third kappa shape index (κ3) is 4.27. The Morgan fingerprint density at radius 2 is 2.17 bits per heavy atom. The predicted octanol–water partition coefficient (Wildman–Crippen LogP) is 1.12. The quantitative estimate of drug-likeness (QED) is 0.860. The van der Waals surface area contributed by atoms with Crippen LogP contribution in [0.15, 0.2) is 24.3 Å². The second-order valence-corrected chi connectivity index (χ2v) is 4.43. The normalized spacial score (nSPS) is 16.5. The summed E-state index contributed by atoms with van der Waals surface area (Å²) in [7, 11) is 0. The van der Waals surface area contributed by atoms with Gasteiger partial charge in [0.25, 0.3) is 0 Å². The van der Waals surface area contributed by atoms with Crippen molar-refractivity contribution in [2.75, 3.05) is 38.2 Å². The SMILES string of the molecule is O=C(CNN1CCOCC1)Nc1cccc(Cl)c1. The molecule has 1 aliphatic rings. The first-order valence-corrected chi connectivity index (χ1v) is 6.23. The van der Waals surface area contributed by atoms with Crippen LogP contribution in [0.5, 0.6) is 0 Å². The molecule has 0 saturated carbocycles. The first-order valence-electron chi connectivity index (χ1n) is 5.85. The zero-order valence-electron chi connectivity index (χ0n) is 9.99. The molecule has 1 aromatic rings. The average molecular weight is 270 g/mol. The van der Waals surface area contributed by atoms with Crippen molar-refractivity contribution in [1.82, 2.24) is 10.4 Å². The Bertz CT molecular complexity index is 408. The van der Waals surface area contributed by atoms with Crippen molar-refractivity contribution in [3.05, 3.63) is 29.3 Å². The first kappa shape index (κ1) is 13.3. The number of anilines is 1. The monoisotopic (exact) mass is 269 g/mol. The fourth-order valence-electron chi connectivity index (χ4n) is 1.68. The summed E-state index contributed by atoms with van der Waals surface area (Å²) < 4.78 is 5.22. The highest BCUT2D eigenvalue weighted by Gasteiger charge is 2.11. The number of nitrogens with one attached hydrogen (secondary N) is 2. The van der Waals surface area contributed by atoms with Gasteiger partial charge in [0, 0.05) is 23.8 Å². The molecule has 1 saturated heterocycles. The van der Waals surface area contributed by atoms with Gasteiger partial charge >= 0.3 is 0 Å². The molecule has 1 heterocycles. The summed E-state index contributed by atoms with van der Waals surface area (Å²) in [5.74, 6) is -0.0937. The predicted molar refractivity (Wildman–Crippen MR) is 70.5 cm³/mol. The highest BCUT2D eigenvalue weighted by Crippen LogP contribution is 2.14. The minimum absolute atomic E-state index is 0.0937. The first-order chi connectivity index (χ1) is 8.74. The van der Waals surface area contributed by atoms with Crippen LogP contribution in [0, 0.1) is 0 Å². The Morgan fingerprint density at radius 1 is 1.39 bits per heavy atom. The van der Waals surface area contributed by atoms with E-state index in [2.05, 4.69) is 10.7 Å². The van der Waals surface area contributed by atoms with Gasteiger partial charge in [-0.25, -0.2) is 10.4 Å². The number of nitrogens with zero attached hydrogens (tertiary/aromatic N) is 1. The molecule has 98 valence electrons. The van der Waals surface area contributed by atoms with Crippen molar-refractivity contribution in [3.63, 3.8) is 0 Å². The number of carbonyl (C=O) groups excluding carboxylic acids is 1. The molecule has 0 spiro atoms. The van der Waals surface area contributed by atoms with Gasteiger partial charge in [-0.2, -0.15) is 0 Å². The fourth-order valence-corrected chi connectivity index (χ4v) is 1.87. The van der Waals surface area contributed by atoms with Crippen LogP contribution in [0.1, 0.15) is 0 Å². The summed E-state index contributed by atoms with van der Waals surface area (Å²) in [4.78, 5) is 11.7. The number of ether oxygens (including phenoxy) is 1. The maximum atomic E-state index is 11.7. The van der Waals surface area contributed by atoms with Gasteiger partial charge in [-0.15, -0.1) is 0 Å². The van der Waals surface area contributed by atoms with Crippen molar-refractivity contribution in [1.29, 1.82) is 0 Å². The van der Waals surface area contributed by atoms with E-state index in [1.54, 1.807) is 24.3 Å². The highest BCUT2D eigenvalue weighted by atomic mass is 35.5. The van der Waals surface area contributed by atoms with E-state index in [4.69, 9.17) is 16.3 Å². The molecular weight excluding hydrogens is 254 g/mol. The van der Waals surface area contributed by atoms with Crippen molar-refractivity contribution in [3.8, 4) is 0 Å². The molecule has 0 unspecified atom stereocenters. The maximum absolute atomic E-state index is 11.7. The number of morpholine rings is 1.